The molecule has 1 aromatic heterocycles. The number of nitrogens with two attached hydrogens (primary N) is 1. The van der Waals surface area contributed by atoms with Crippen molar-refractivity contribution >= 4 is 0 Å². The minimum Gasteiger partial charge on any atom is -0.494 e. The second-order valence-corrected chi connectivity index (χ2v) is 3.92. The summed E-state index contributed by atoms with van der Waals surface area (Å²) in [6.07, 6.45) is 1.60. The molecule has 2 N–H and O–H groups in total. The van der Waals surface area contributed by atoms with Crippen LogP contribution in [0.3, 0.4) is 0 Å². The molecule has 2 rings (SSSR count). The first kappa shape index (κ1) is 12.6. The molecule has 0 radical (unpaired) electrons. The van der Waals surface area contributed by atoms with Crippen molar-refractivity contribution in [1.29, 1.82) is 0 Å². The molecule has 0 atom stereocenters. The first-order valence-electron chi connectivity index (χ1n) is 6.09. The third kappa shape index (κ3) is 3.07. The molecule has 1 heterocycles. The van der Waals surface area contributed by atoms with E-state index in [-0.39, 0.29) is 0 Å². The number of hydrogen-bond acceptors (Lipinski definition) is 5. The summed E-state index contributed by atoms with van der Waals surface area (Å²) in [6.45, 7) is 3.31. The standard InChI is InChI=1S/C13H17N3O2/c1-2-9-17-11-5-3-10(4-6-11)13-15-12(7-8-14)18-16-13/h3-6H,2,7-9,14H2,1H3. The number of nitrogens with zero attached hydrogens (tertiary/aromatic N) is 2. The number of hydrogen-bond donors (Lipinski definition) is 1. The van der Waals surface area contributed by atoms with Crippen molar-refractivity contribution in [2.24, 2.45) is 5.73 Å². The largest absolute Gasteiger partial charge is 0.494 e. The molecule has 0 aliphatic carbocycles. The molecule has 1 aromatic carbocycles. The van der Waals surface area contributed by atoms with Gasteiger partial charge < -0.3 is 15.0 Å². The van der Waals surface area contributed by atoms with Crippen molar-refractivity contribution in [2.75, 3.05) is 13.2 Å². The SMILES string of the molecule is CCCOc1ccc(-c2noc(CCN)n2)cc1. The lowest BCUT2D eigenvalue weighted by Crippen LogP contribution is -2.02. The van der Waals surface area contributed by atoms with Crippen molar-refractivity contribution in [3.63, 3.8) is 0 Å². The summed E-state index contributed by atoms with van der Waals surface area (Å²) in [5.74, 6) is 2.01. The van der Waals surface area contributed by atoms with E-state index in [0.29, 0.717) is 24.7 Å². The fourth-order valence-corrected chi connectivity index (χ4v) is 1.52. The molecule has 0 unspecified atom stereocenters. The van der Waals surface area contributed by atoms with Gasteiger partial charge in [0.25, 0.3) is 0 Å². The maximum Gasteiger partial charge on any atom is 0.228 e. The topological polar surface area (TPSA) is 74.2 Å². The van der Waals surface area contributed by atoms with E-state index in [9.17, 15) is 0 Å². The summed E-state index contributed by atoms with van der Waals surface area (Å²) >= 11 is 0. The molecule has 0 saturated heterocycles. The van der Waals surface area contributed by atoms with Crippen LogP contribution in [0.1, 0.15) is 19.2 Å². The maximum atomic E-state index is 5.51. The summed E-state index contributed by atoms with van der Waals surface area (Å²) in [6, 6.07) is 7.65. The molecular formula is C13H17N3O2. The Hall–Kier alpha value is -1.88. The fourth-order valence-electron chi connectivity index (χ4n) is 1.52. The van der Waals surface area contributed by atoms with Crippen molar-refractivity contribution < 1.29 is 9.26 Å². The van der Waals surface area contributed by atoms with E-state index in [1.807, 2.05) is 24.3 Å². The highest BCUT2D eigenvalue weighted by atomic mass is 16.5. The smallest absolute Gasteiger partial charge is 0.228 e. The van der Waals surface area contributed by atoms with Crippen molar-refractivity contribution in [2.45, 2.75) is 19.8 Å². The van der Waals surface area contributed by atoms with Crippen LogP contribution in [0.5, 0.6) is 5.75 Å². The van der Waals surface area contributed by atoms with Crippen LogP contribution in [-0.2, 0) is 6.42 Å². The van der Waals surface area contributed by atoms with Crippen molar-refractivity contribution in [1.82, 2.24) is 10.1 Å². The lowest BCUT2D eigenvalue weighted by molar-refractivity contribution is 0.317. The maximum absolute atomic E-state index is 5.51. The van der Waals surface area contributed by atoms with Gasteiger partial charge in [0.15, 0.2) is 0 Å². The summed E-state index contributed by atoms with van der Waals surface area (Å²) in [4.78, 5) is 4.26. The first-order chi connectivity index (χ1) is 8.83. The van der Waals surface area contributed by atoms with Crippen molar-refractivity contribution in [3.05, 3.63) is 30.2 Å². The normalized spacial score (nSPS) is 10.6. The van der Waals surface area contributed by atoms with Gasteiger partial charge in [-0.25, -0.2) is 0 Å². The van der Waals surface area contributed by atoms with Gasteiger partial charge in [-0.05, 0) is 30.7 Å². The zero-order valence-electron chi connectivity index (χ0n) is 10.4. The first-order valence-corrected chi connectivity index (χ1v) is 6.09. The van der Waals surface area contributed by atoms with Gasteiger partial charge in [0, 0.05) is 18.5 Å². The zero-order valence-corrected chi connectivity index (χ0v) is 10.4. The number of benzene rings is 1. The minimum atomic E-state index is 0.505. The zero-order chi connectivity index (χ0) is 12.8. The molecule has 0 aliphatic rings. The van der Waals surface area contributed by atoms with Crippen LogP contribution in [0.25, 0.3) is 11.4 Å². The Balaban J connectivity index is 2.07. The molecule has 2 aromatic rings. The van der Waals surface area contributed by atoms with E-state index in [4.69, 9.17) is 15.0 Å². The monoisotopic (exact) mass is 247 g/mol. The average molecular weight is 247 g/mol. The Labute approximate surface area is 106 Å². The second kappa shape index (κ2) is 6.16. The van der Waals surface area contributed by atoms with Gasteiger partial charge in [0.2, 0.25) is 11.7 Å². The predicted octanol–water partition coefficient (Wildman–Crippen LogP) is 2.03. The van der Waals surface area contributed by atoms with Gasteiger partial charge in [-0.15, -0.1) is 0 Å². The van der Waals surface area contributed by atoms with Crippen LogP contribution in [0, 0.1) is 0 Å². The van der Waals surface area contributed by atoms with E-state index in [0.717, 1.165) is 24.3 Å². The van der Waals surface area contributed by atoms with Gasteiger partial charge in [-0.2, -0.15) is 4.98 Å². The highest BCUT2D eigenvalue weighted by Gasteiger charge is 2.07. The molecule has 0 amide bonds. The molecular weight excluding hydrogens is 230 g/mol. The van der Waals surface area contributed by atoms with Crippen LogP contribution in [0.4, 0.5) is 0 Å². The van der Waals surface area contributed by atoms with Gasteiger partial charge >= 0.3 is 0 Å². The highest BCUT2D eigenvalue weighted by molar-refractivity contribution is 5.55. The second-order valence-electron chi connectivity index (χ2n) is 3.92. The summed E-state index contributed by atoms with van der Waals surface area (Å²) in [5.41, 5.74) is 6.34. The quantitative estimate of drug-likeness (QED) is 0.845. The molecule has 0 aliphatic heterocycles. The molecule has 0 bridgehead atoms. The lowest BCUT2D eigenvalue weighted by atomic mass is 10.2. The summed E-state index contributed by atoms with van der Waals surface area (Å²) in [5, 5.41) is 3.91. The predicted molar refractivity (Wildman–Crippen MR) is 68.3 cm³/mol. The third-order valence-corrected chi connectivity index (χ3v) is 2.41. The van der Waals surface area contributed by atoms with Crippen molar-refractivity contribution in [3.8, 4) is 17.1 Å². The van der Waals surface area contributed by atoms with E-state index in [2.05, 4.69) is 17.1 Å². The third-order valence-electron chi connectivity index (χ3n) is 2.41. The highest BCUT2D eigenvalue weighted by Crippen LogP contribution is 2.20. The lowest BCUT2D eigenvalue weighted by Gasteiger charge is -2.03. The Morgan fingerprint density at radius 2 is 2.06 bits per heavy atom. The molecule has 0 saturated carbocycles. The number of rotatable bonds is 6. The number of ether oxygens (including phenoxy) is 1. The summed E-state index contributed by atoms with van der Waals surface area (Å²) in [7, 11) is 0. The van der Waals surface area contributed by atoms with Gasteiger partial charge in [-0.3, -0.25) is 0 Å². The van der Waals surface area contributed by atoms with Crippen LogP contribution in [-0.4, -0.2) is 23.3 Å². The Bertz CT molecular complexity index is 479. The van der Waals surface area contributed by atoms with Crippen LogP contribution < -0.4 is 10.5 Å². The average Bonchev–Trinajstić information content (AvgIpc) is 2.86. The molecule has 0 fully saturated rings. The molecule has 5 heteroatoms. The van der Waals surface area contributed by atoms with E-state index >= 15 is 0 Å². The van der Waals surface area contributed by atoms with E-state index < -0.39 is 0 Å². The molecule has 96 valence electrons. The van der Waals surface area contributed by atoms with Gasteiger partial charge in [0.1, 0.15) is 5.75 Å². The van der Waals surface area contributed by atoms with Crippen LogP contribution >= 0.6 is 0 Å². The Morgan fingerprint density at radius 3 is 2.72 bits per heavy atom. The summed E-state index contributed by atoms with van der Waals surface area (Å²) < 4.78 is 10.6. The van der Waals surface area contributed by atoms with Crippen LogP contribution in [0.15, 0.2) is 28.8 Å². The van der Waals surface area contributed by atoms with E-state index in [1.54, 1.807) is 0 Å². The van der Waals surface area contributed by atoms with Gasteiger partial charge in [-0.1, -0.05) is 12.1 Å². The van der Waals surface area contributed by atoms with Gasteiger partial charge in [0.05, 0.1) is 6.61 Å². The Kier molecular flexibility index (Phi) is 4.30. The van der Waals surface area contributed by atoms with E-state index in [1.165, 1.54) is 0 Å². The minimum absolute atomic E-state index is 0.505. The molecule has 0 spiro atoms. The molecule has 5 nitrogen and oxygen atoms in total. The molecule has 18 heavy (non-hydrogen) atoms. The van der Waals surface area contributed by atoms with Crippen LogP contribution in [0.2, 0.25) is 0 Å². The Morgan fingerprint density at radius 1 is 1.28 bits per heavy atom. The number of aromatic nitrogens is 2. The fraction of sp³-hybridized carbons (Fsp3) is 0.385.